The highest BCUT2D eigenvalue weighted by Crippen LogP contribution is 2.22. The molecule has 0 spiro atoms. The summed E-state index contributed by atoms with van der Waals surface area (Å²) >= 11 is 0. The van der Waals surface area contributed by atoms with E-state index in [1.165, 1.54) is 6.07 Å². The highest BCUT2D eigenvalue weighted by molar-refractivity contribution is 5.81. The van der Waals surface area contributed by atoms with Crippen LogP contribution in [0.4, 0.5) is 0 Å². The van der Waals surface area contributed by atoms with Crippen LogP contribution in [0, 0.1) is 11.3 Å². The smallest absolute Gasteiger partial charge is 0.306 e. The van der Waals surface area contributed by atoms with E-state index in [-0.39, 0.29) is 11.3 Å². The van der Waals surface area contributed by atoms with Gasteiger partial charge in [0, 0.05) is 11.6 Å². The number of benzene rings is 1. The Bertz CT molecular complexity index is 925. The first-order chi connectivity index (χ1) is 9.17. The lowest BCUT2D eigenvalue weighted by Gasteiger charge is -2.01. The van der Waals surface area contributed by atoms with Crippen molar-refractivity contribution in [2.24, 2.45) is 0 Å². The molecule has 92 valence electrons. The van der Waals surface area contributed by atoms with E-state index in [1.54, 1.807) is 18.2 Å². The van der Waals surface area contributed by atoms with Crippen molar-refractivity contribution in [2.75, 3.05) is 0 Å². The molecule has 0 saturated carbocycles. The van der Waals surface area contributed by atoms with Crippen LogP contribution in [0.25, 0.3) is 22.3 Å². The summed E-state index contributed by atoms with van der Waals surface area (Å²) in [6.07, 6.45) is 0. The number of H-pyrrole nitrogens is 3. The number of aromatic amines is 3. The summed E-state index contributed by atoms with van der Waals surface area (Å²) in [6, 6.07) is 8.22. The number of fused-ring (bicyclic) bond motifs is 1. The van der Waals surface area contributed by atoms with E-state index in [4.69, 9.17) is 5.26 Å². The van der Waals surface area contributed by atoms with Gasteiger partial charge in [-0.3, -0.25) is 4.79 Å². The zero-order valence-corrected chi connectivity index (χ0v) is 9.52. The fourth-order valence-corrected chi connectivity index (χ4v) is 1.89. The molecule has 0 amide bonds. The van der Waals surface area contributed by atoms with Crippen molar-refractivity contribution in [2.45, 2.75) is 0 Å². The normalized spacial score (nSPS) is 10.5. The van der Waals surface area contributed by atoms with E-state index >= 15 is 0 Å². The second-order valence-electron chi connectivity index (χ2n) is 3.95. The molecule has 3 aromatic rings. The van der Waals surface area contributed by atoms with Crippen LogP contribution in [0.3, 0.4) is 0 Å². The molecule has 0 radical (unpaired) electrons. The van der Waals surface area contributed by atoms with E-state index in [0.29, 0.717) is 22.3 Å². The third-order valence-electron chi connectivity index (χ3n) is 2.72. The maximum absolute atomic E-state index is 11.2. The molecule has 7 nitrogen and oxygen atoms in total. The largest absolute Gasteiger partial charge is 0.323 e. The van der Waals surface area contributed by atoms with Crippen LogP contribution in [0.1, 0.15) is 5.56 Å². The van der Waals surface area contributed by atoms with Crippen molar-refractivity contribution in [3.8, 4) is 17.3 Å². The average molecular weight is 253 g/mol. The zero-order chi connectivity index (χ0) is 13.4. The number of rotatable bonds is 1. The quantitative estimate of drug-likeness (QED) is 0.584. The predicted octanol–water partition coefficient (Wildman–Crippen LogP) is 0.478. The first-order valence-electron chi connectivity index (χ1n) is 5.39. The molecular weight excluding hydrogens is 246 g/mol. The number of aromatic nitrogens is 4. The predicted molar refractivity (Wildman–Crippen MR) is 67.5 cm³/mol. The Labute approximate surface area is 105 Å². The second-order valence-corrected chi connectivity index (χ2v) is 3.95. The Balaban J connectivity index is 2.27. The number of nitrogens with zero attached hydrogens (tertiary/aromatic N) is 2. The van der Waals surface area contributed by atoms with Crippen molar-refractivity contribution in [1.29, 1.82) is 5.26 Å². The number of nitrogens with one attached hydrogen (secondary N) is 3. The zero-order valence-electron chi connectivity index (χ0n) is 9.52. The molecule has 0 unspecified atom stereocenters. The molecule has 2 heterocycles. The average Bonchev–Trinajstić information content (AvgIpc) is 2.77. The van der Waals surface area contributed by atoms with Gasteiger partial charge >= 0.3 is 5.69 Å². The Hall–Kier alpha value is -3.14. The summed E-state index contributed by atoms with van der Waals surface area (Å²) in [4.78, 5) is 27.5. The lowest BCUT2D eigenvalue weighted by Crippen LogP contribution is -2.08. The molecule has 0 atom stereocenters. The van der Waals surface area contributed by atoms with Crippen LogP contribution < -0.4 is 11.2 Å². The van der Waals surface area contributed by atoms with Gasteiger partial charge in [0.1, 0.15) is 11.8 Å². The SMILES string of the molecule is N#Cc1cc(=O)[nH]nc1-c1ccc2[nH]c(=O)[nH]c2c1. The van der Waals surface area contributed by atoms with Crippen LogP contribution in [0.5, 0.6) is 0 Å². The molecule has 7 heteroatoms. The van der Waals surface area contributed by atoms with Crippen LogP contribution in [0.2, 0.25) is 0 Å². The first kappa shape index (κ1) is 11.0. The van der Waals surface area contributed by atoms with Crippen LogP contribution in [-0.2, 0) is 0 Å². The van der Waals surface area contributed by atoms with E-state index < -0.39 is 5.56 Å². The topological polar surface area (TPSA) is 118 Å². The Morgan fingerprint density at radius 3 is 2.68 bits per heavy atom. The van der Waals surface area contributed by atoms with Crippen LogP contribution >= 0.6 is 0 Å². The van der Waals surface area contributed by atoms with E-state index in [1.807, 2.05) is 6.07 Å². The summed E-state index contributed by atoms with van der Waals surface area (Å²) in [5.74, 6) is 0. The van der Waals surface area contributed by atoms with E-state index in [0.717, 1.165) is 0 Å². The molecular formula is C12H7N5O2. The van der Waals surface area contributed by atoms with Gasteiger partial charge in [-0.05, 0) is 12.1 Å². The molecule has 3 rings (SSSR count). The molecule has 0 aliphatic carbocycles. The fourth-order valence-electron chi connectivity index (χ4n) is 1.89. The monoisotopic (exact) mass is 253 g/mol. The number of imidazole rings is 1. The Morgan fingerprint density at radius 2 is 1.89 bits per heavy atom. The molecule has 0 aliphatic heterocycles. The van der Waals surface area contributed by atoms with Crippen molar-refractivity contribution in [3.05, 3.63) is 50.7 Å². The Kier molecular flexibility index (Phi) is 2.29. The van der Waals surface area contributed by atoms with Gasteiger partial charge in [-0.15, -0.1) is 0 Å². The maximum atomic E-state index is 11.2. The van der Waals surface area contributed by atoms with Gasteiger partial charge < -0.3 is 9.97 Å². The molecule has 3 N–H and O–H groups in total. The molecule has 0 bridgehead atoms. The van der Waals surface area contributed by atoms with Crippen molar-refractivity contribution >= 4 is 11.0 Å². The third-order valence-corrected chi connectivity index (χ3v) is 2.72. The van der Waals surface area contributed by atoms with Crippen LogP contribution in [-0.4, -0.2) is 20.2 Å². The highest BCUT2D eigenvalue weighted by Gasteiger charge is 2.09. The highest BCUT2D eigenvalue weighted by atomic mass is 16.1. The minimum Gasteiger partial charge on any atom is -0.306 e. The van der Waals surface area contributed by atoms with Gasteiger partial charge in [0.2, 0.25) is 0 Å². The molecule has 2 aromatic heterocycles. The van der Waals surface area contributed by atoms with Crippen molar-refractivity contribution in [3.63, 3.8) is 0 Å². The number of nitriles is 1. The summed E-state index contributed by atoms with van der Waals surface area (Å²) in [5.41, 5.74) is 1.72. The number of hydrogen-bond donors (Lipinski definition) is 3. The minimum absolute atomic E-state index is 0.181. The van der Waals surface area contributed by atoms with Crippen LogP contribution in [0.15, 0.2) is 33.9 Å². The third kappa shape index (κ3) is 1.81. The molecule has 0 fully saturated rings. The summed E-state index contributed by atoms with van der Waals surface area (Å²) in [7, 11) is 0. The Morgan fingerprint density at radius 1 is 1.11 bits per heavy atom. The summed E-state index contributed by atoms with van der Waals surface area (Å²) < 4.78 is 0. The second kappa shape index (κ2) is 3.96. The van der Waals surface area contributed by atoms with Crippen molar-refractivity contribution < 1.29 is 0 Å². The lowest BCUT2D eigenvalue weighted by molar-refractivity contribution is 0.990. The van der Waals surface area contributed by atoms with E-state index in [9.17, 15) is 9.59 Å². The minimum atomic E-state index is -0.434. The standard InChI is InChI=1S/C12H7N5O2/c13-5-7-4-10(18)16-17-11(7)6-1-2-8-9(3-6)15-12(19)14-8/h1-4H,(H,16,18)(H2,14,15,19). The fraction of sp³-hybridized carbons (Fsp3) is 0. The summed E-state index contributed by atoms with van der Waals surface area (Å²) in [5, 5.41) is 15.2. The molecule has 1 aromatic carbocycles. The maximum Gasteiger partial charge on any atom is 0.323 e. The van der Waals surface area contributed by atoms with Gasteiger partial charge in [-0.2, -0.15) is 10.4 Å². The van der Waals surface area contributed by atoms with Gasteiger partial charge in [0.05, 0.1) is 16.6 Å². The molecule has 0 saturated heterocycles. The van der Waals surface area contributed by atoms with Gasteiger partial charge in [-0.1, -0.05) is 6.07 Å². The molecule has 0 aliphatic rings. The van der Waals surface area contributed by atoms with Crippen molar-refractivity contribution in [1.82, 2.24) is 20.2 Å². The summed E-state index contributed by atoms with van der Waals surface area (Å²) in [6.45, 7) is 0. The van der Waals surface area contributed by atoms with Gasteiger partial charge in [0.25, 0.3) is 5.56 Å². The van der Waals surface area contributed by atoms with E-state index in [2.05, 4.69) is 20.2 Å². The molecule has 19 heavy (non-hydrogen) atoms. The van der Waals surface area contributed by atoms with Gasteiger partial charge in [-0.25, -0.2) is 9.89 Å². The number of hydrogen-bond acceptors (Lipinski definition) is 4. The lowest BCUT2D eigenvalue weighted by atomic mass is 10.1. The first-order valence-corrected chi connectivity index (χ1v) is 5.39. The van der Waals surface area contributed by atoms with Gasteiger partial charge in [0.15, 0.2) is 0 Å².